The first-order valence-corrected chi connectivity index (χ1v) is 22.3. The molecule has 2 heteroatoms. The van der Waals surface area contributed by atoms with Crippen LogP contribution in [0.1, 0.15) is 43.2 Å². The number of fused-ring (bicyclic) bond motifs is 11. The lowest BCUT2D eigenvalue weighted by Crippen LogP contribution is -2.28. The van der Waals surface area contributed by atoms with E-state index in [1.165, 1.54) is 143 Å². The lowest BCUT2D eigenvalue weighted by molar-refractivity contribution is 0.353. The van der Waals surface area contributed by atoms with Crippen molar-refractivity contribution in [2.75, 3.05) is 0 Å². The third-order valence-electron chi connectivity index (χ3n) is 14.3. The van der Waals surface area contributed by atoms with Crippen LogP contribution in [0.4, 0.5) is 0 Å². The second-order valence-corrected chi connectivity index (χ2v) is 17.6. The summed E-state index contributed by atoms with van der Waals surface area (Å²) in [6.45, 7) is 0. The molecule has 0 radical (unpaired) electrons. The number of para-hydroxylation sites is 2. The molecule has 1 spiro atoms. The average molecular weight is 793 g/mol. The average Bonchev–Trinajstić information content (AvgIpc) is 3.94. The van der Waals surface area contributed by atoms with Gasteiger partial charge in [-0.3, -0.25) is 0 Å². The zero-order valence-electron chi connectivity index (χ0n) is 34.6. The van der Waals surface area contributed by atoms with Crippen molar-refractivity contribution < 1.29 is 0 Å². The zero-order chi connectivity index (χ0) is 40.8. The number of hydrogen-bond donors (Lipinski definition) is 0. The van der Waals surface area contributed by atoms with Crippen molar-refractivity contribution in [3.63, 3.8) is 0 Å². The van der Waals surface area contributed by atoms with E-state index < -0.39 is 0 Å². The van der Waals surface area contributed by atoms with Crippen LogP contribution >= 0.6 is 0 Å². The van der Waals surface area contributed by atoms with Gasteiger partial charge in [-0.15, -0.1) is 0 Å². The first-order valence-electron chi connectivity index (χ1n) is 22.3. The molecular formula is C60H44N2. The molecule has 2 aromatic heterocycles. The second kappa shape index (κ2) is 13.8. The lowest BCUT2D eigenvalue weighted by Gasteiger charge is -2.36. The Kier molecular flexibility index (Phi) is 7.87. The van der Waals surface area contributed by atoms with Crippen LogP contribution in [-0.4, -0.2) is 9.13 Å². The largest absolute Gasteiger partial charge is 0.309 e. The Balaban J connectivity index is 0.975. The van der Waals surface area contributed by atoms with E-state index >= 15 is 0 Å². The molecule has 13 rings (SSSR count). The summed E-state index contributed by atoms with van der Waals surface area (Å²) in [4.78, 5) is 0. The Hall–Kier alpha value is -7.42. The van der Waals surface area contributed by atoms with Gasteiger partial charge < -0.3 is 9.13 Å². The van der Waals surface area contributed by atoms with Gasteiger partial charge in [-0.1, -0.05) is 159 Å². The van der Waals surface area contributed by atoms with Gasteiger partial charge in [0.05, 0.1) is 22.1 Å². The molecule has 2 nitrogen and oxygen atoms in total. The molecule has 2 heterocycles. The molecular weight excluding hydrogens is 749 g/mol. The molecule has 0 saturated heterocycles. The summed E-state index contributed by atoms with van der Waals surface area (Å²) in [6.07, 6.45) is 6.25. The molecule has 2 aliphatic carbocycles. The van der Waals surface area contributed by atoms with E-state index in [-0.39, 0.29) is 5.41 Å². The maximum Gasteiger partial charge on any atom is 0.0547 e. The summed E-state index contributed by atoms with van der Waals surface area (Å²) in [6, 6.07) is 77.0. The summed E-state index contributed by atoms with van der Waals surface area (Å²) in [7, 11) is 0. The molecule has 0 unspecified atom stereocenters. The normalized spacial score (nSPS) is 14.3. The Morgan fingerprint density at radius 2 is 0.806 bits per heavy atom. The molecule has 0 aliphatic heterocycles. The van der Waals surface area contributed by atoms with E-state index in [0.29, 0.717) is 0 Å². The van der Waals surface area contributed by atoms with Crippen LogP contribution in [-0.2, 0) is 5.41 Å². The van der Waals surface area contributed by atoms with E-state index in [1.54, 1.807) is 0 Å². The Bertz CT molecular complexity index is 3530. The highest BCUT2D eigenvalue weighted by molar-refractivity contribution is 6.12. The minimum Gasteiger partial charge on any atom is -0.309 e. The highest BCUT2D eigenvalue weighted by Gasteiger charge is 2.44. The van der Waals surface area contributed by atoms with E-state index in [9.17, 15) is 0 Å². The van der Waals surface area contributed by atoms with Gasteiger partial charge in [0.25, 0.3) is 0 Å². The van der Waals surface area contributed by atoms with Gasteiger partial charge in [-0.05, 0) is 135 Å². The fourth-order valence-corrected chi connectivity index (χ4v) is 11.4. The third kappa shape index (κ3) is 5.29. The highest BCUT2D eigenvalue weighted by atomic mass is 15.0. The first kappa shape index (κ1) is 35.3. The number of rotatable bonds is 5. The molecule has 0 atom stereocenters. The maximum absolute atomic E-state index is 2.60. The topological polar surface area (TPSA) is 9.86 Å². The van der Waals surface area contributed by atoms with Gasteiger partial charge in [0, 0.05) is 38.3 Å². The van der Waals surface area contributed by atoms with Gasteiger partial charge >= 0.3 is 0 Å². The number of aromatic nitrogens is 2. The van der Waals surface area contributed by atoms with Crippen molar-refractivity contribution in [3.8, 4) is 55.9 Å². The summed E-state index contributed by atoms with van der Waals surface area (Å²) in [5.41, 5.74) is 20.7. The third-order valence-corrected chi connectivity index (χ3v) is 14.3. The summed E-state index contributed by atoms with van der Waals surface area (Å²) in [5, 5.41) is 5.21. The van der Waals surface area contributed by atoms with Crippen molar-refractivity contribution in [3.05, 3.63) is 217 Å². The predicted octanol–water partition coefficient (Wildman–Crippen LogP) is 16.1. The van der Waals surface area contributed by atoms with Gasteiger partial charge in [0.1, 0.15) is 0 Å². The van der Waals surface area contributed by atoms with Crippen LogP contribution in [0.5, 0.6) is 0 Å². The van der Waals surface area contributed by atoms with E-state index in [1.807, 2.05) is 0 Å². The Morgan fingerprint density at radius 1 is 0.290 bits per heavy atom. The molecule has 9 aromatic carbocycles. The molecule has 1 fully saturated rings. The monoisotopic (exact) mass is 792 g/mol. The van der Waals surface area contributed by atoms with Gasteiger partial charge in [-0.25, -0.2) is 0 Å². The van der Waals surface area contributed by atoms with Gasteiger partial charge in [0.15, 0.2) is 0 Å². The Labute approximate surface area is 362 Å². The van der Waals surface area contributed by atoms with Crippen molar-refractivity contribution in [1.29, 1.82) is 0 Å². The Morgan fingerprint density at radius 3 is 1.53 bits per heavy atom. The van der Waals surface area contributed by atoms with Crippen molar-refractivity contribution in [2.45, 2.75) is 37.5 Å². The van der Waals surface area contributed by atoms with Gasteiger partial charge in [0.2, 0.25) is 0 Å². The summed E-state index contributed by atoms with van der Waals surface area (Å²) in [5.74, 6) is 0. The first-order chi connectivity index (χ1) is 30.7. The summed E-state index contributed by atoms with van der Waals surface area (Å²) < 4.78 is 4.93. The van der Waals surface area contributed by atoms with Crippen molar-refractivity contribution in [1.82, 2.24) is 9.13 Å². The van der Waals surface area contributed by atoms with Crippen molar-refractivity contribution in [2.24, 2.45) is 0 Å². The highest BCUT2D eigenvalue weighted by Crippen LogP contribution is 2.58. The van der Waals surface area contributed by atoms with E-state index in [0.717, 1.165) is 0 Å². The lowest BCUT2D eigenvalue weighted by atomic mass is 9.67. The van der Waals surface area contributed by atoms with Crippen LogP contribution in [0.25, 0.3) is 99.5 Å². The molecule has 2 aliphatic rings. The van der Waals surface area contributed by atoms with Crippen molar-refractivity contribution >= 4 is 43.6 Å². The van der Waals surface area contributed by atoms with E-state index in [2.05, 4.69) is 215 Å². The van der Waals surface area contributed by atoms with Crippen LogP contribution in [0.3, 0.4) is 0 Å². The SMILES string of the molecule is c1ccc(-c2ccc(-n3c4ccccc4c4cc(-c5ccc6c(c5)-c5cc7c(cc5C65CCCCC5)c5ccccc5n7-c5cccc(-c6ccccc6)c5)ccc43)cc2)cc1. The molecule has 0 N–H and O–H groups in total. The molecule has 62 heavy (non-hydrogen) atoms. The smallest absolute Gasteiger partial charge is 0.0547 e. The second-order valence-electron chi connectivity index (χ2n) is 17.6. The van der Waals surface area contributed by atoms with Gasteiger partial charge in [-0.2, -0.15) is 0 Å². The van der Waals surface area contributed by atoms with E-state index in [4.69, 9.17) is 0 Å². The number of nitrogens with zero attached hydrogens (tertiary/aromatic N) is 2. The maximum atomic E-state index is 2.60. The quantitative estimate of drug-likeness (QED) is 0.164. The molecule has 0 amide bonds. The van der Waals surface area contributed by atoms with Crippen LogP contribution in [0.2, 0.25) is 0 Å². The minimum atomic E-state index is 0.0412. The fraction of sp³-hybridized carbons (Fsp3) is 0.100. The molecule has 0 bridgehead atoms. The fourth-order valence-electron chi connectivity index (χ4n) is 11.4. The van der Waals surface area contributed by atoms with Crippen LogP contribution in [0.15, 0.2) is 206 Å². The molecule has 294 valence electrons. The minimum absolute atomic E-state index is 0.0412. The number of hydrogen-bond acceptors (Lipinski definition) is 0. The van der Waals surface area contributed by atoms with Crippen LogP contribution < -0.4 is 0 Å². The zero-order valence-corrected chi connectivity index (χ0v) is 34.6. The van der Waals surface area contributed by atoms with Crippen LogP contribution in [0, 0.1) is 0 Å². The number of benzene rings is 9. The predicted molar refractivity (Wildman–Crippen MR) is 261 cm³/mol. The molecule has 11 aromatic rings. The standard InChI is InChI=1S/C60H44N2/c1-4-15-40(16-5-1)42-25-29-46(30-26-42)61-56-23-10-8-21-48(56)52-37-45(28-32-58(52)61)44-27-31-54-50(36-44)51-39-59-53(38-55(51)60(54)33-12-3-13-34-60)49-22-9-11-24-57(49)62(59)47-20-14-19-43(35-47)41-17-6-2-7-18-41/h1-2,4-11,14-32,35-39H,3,12-13,33-34H2. The molecule has 1 saturated carbocycles. The summed E-state index contributed by atoms with van der Waals surface area (Å²) >= 11 is 0.